The number of aromatic nitrogens is 2. The van der Waals surface area contributed by atoms with E-state index in [4.69, 9.17) is 23.2 Å². The molecule has 2 aromatic rings. The number of alkyl halides is 1. The number of amides is 1. The van der Waals surface area contributed by atoms with Gasteiger partial charge in [-0.05, 0) is 17.7 Å². The summed E-state index contributed by atoms with van der Waals surface area (Å²) in [6.07, 6.45) is 0.00689. The van der Waals surface area contributed by atoms with Crippen molar-refractivity contribution in [2.75, 3.05) is 5.32 Å². The summed E-state index contributed by atoms with van der Waals surface area (Å²) in [4.78, 5) is 19.6. The Kier molecular flexibility index (Phi) is 3.78. The number of carbonyl (C=O) groups excluding carboxylic acids is 1. The molecule has 0 saturated heterocycles. The number of nitrogens with zero attached hydrogens (tertiary/aromatic N) is 2. The lowest BCUT2D eigenvalue weighted by molar-refractivity contribution is -0.117. The molecule has 108 valence electrons. The third kappa shape index (κ3) is 2.99. The van der Waals surface area contributed by atoms with Crippen molar-refractivity contribution in [3.63, 3.8) is 0 Å². The van der Waals surface area contributed by atoms with E-state index in [0.717, 1.165) is 5.56 Å². The molecule has 3 atom stereocenters. The molecule has 0 unspecified atom stereocenters. The van der Waals surface area contributed by atoms with E-state index in [0.29, 0.717) is 5.02 Å². The van der Waals surface area contributed by atoms with Crippen molar-refractivity contribution in [2.24, 2.45) is 5.92 Å². The molecule has 0 aliphatic heterocycles. The SMILES string of the molecule is O=C(Nc1cc(Cl)ncn1)[C@H]1[C@H](F)[C@@H]1c1cccc(Cl)c1. The van der Waals surface area contributed by atoms with Crippen molar-refractivity contribution < 1.29 is 9.18 Å². The molecule has 1 amide bonds. The number of halogens is 3. The molecule has 1 fully saturated rings. The molecule has 1 aliphatic carbocycles. The standard InChI is InChI=1S/C14H10Cl2FN3O/c15-8-3-1-2-7(4-8)11-12(13(11)17)14(21)20-10-5-9(16)18-6-19-10/h1-6,11-13H,(H,18,19,20,21)/t11-,12-,13-/m1/s1. The van der Waals surface area contributed by atoms with Crippen LogP contribution in [0.1, 0.15) is 11.5 Å². The predicted octanol–water partition coefficient (Wildman–Crippen LogP) is 3.47. The Balaban J connectivity index is 1.72. The maximum Gasteiger partial charge on any atom is 0.232 e. The molecule has 3 rings (SSSR count). The molecule has 1 aromatic heterocycles. The van der Waals surface area contributed by atoms with Gasteiger partial charge in [-0.1, -0.05) is 35.3 Å². The predicted molar refractivity (Wildman–Crippen MR) is 78.3 cm³/mol. The van der Waals surface area contributed by atoms with Gasteiger partial charge in [0.1, 0.15) is 23.5 Å². The van der Waals surface area contributed by atoms with Crippen molar-refractivity contribution in [3.05, 3.63) is 52.4 Å². The van der Waals surface area contributed by atoms with Crippen molar-refractivity contribution in [3.8, 4) is 0 Å². The van der Waals surface area contributed by atoms with Gasteiger partial charge in [0.2, 0.25) is 5.91 Å². The Hall–Kier alpha value is -1.72. The van der Waals surface area contributed by atoms with Gasteiger partial charge in [-0.15, -0.1) is 0 Å². The van der Waals surface area contributed by atoms with Gasteiger partial charge in [0.25, 0.3) is 0 Å². The number of hydrogen-bond acceptors (Lipinski definition) is 3. The first-order chi connectivity index (χ1) is 10.1. The molecule has 1 heterocycles. The molecule has 1 N–H and O–H groups in total. The Morgan fingerprint density at radius 2 is 2.05 bits per heavy atom. The summed E-state index contributed by atoms with van der Waals surface area (Å²) < 4.78 is 13.9. The van der Waals surface area contributed by atoms with Gasteiger partial charge >= 0.3 is 0 Å². The Bertz CT molecular complexity index is 697. The molecule has 21 heavy (non-hydrogen) atoms. The largest absolute Gasteiger partial charge is 0.310 e. The molecule has 0 radical (unpaired) electrons. The summed E-state index contributed by atoms with van der Waals surface area (Å²) in [6, 6.07) is 8.29. The van der Waals surface area contributed by atoms with Gasteiger partial charge in [-0.2, -0.15) is 0 Å². The zero-order valence-corrected chi connectivity index (χ0v) is 12.1. The smallest absolute Gasteiger partial charge is 0.232 e. The second kappa shape index (κ2) is 5.58. The number of benzene rings is 1. The summed E-state index contributed by atoms with van der Waals surface area (Å²) >= 11 is 11.6. The fourth-order valence-electron chi connectivity index (χ4n) is 2.30. The van der Waals surface area contributed by atoms with Crippen LogP contribution >= 0.6 is 23.2 Å². The molecule has 0 spiro atoms. The van der Waals surface area contributed by atoms with E-state index in [1.165, 1.54) is 12.4 Å². The fourth-order valence-corrected chi connectivity index (χ4v) is 2.64. The van der Waals surface area contributed by atoms with Crippen LogP contribution in [0.2, 0.25) is 10.2 Å². The van der Waals surface area contributed by atoms with Crippen LogP contribution in [0.25, 0.3) is 0 Å². The van der Waals surface area contributed by atoms with Crippen molar-refractivity contribution in [2.45, 2.75) is 12.1 Å². The first-order valence-corrected chi connectivity index (χ1v) is 7.00. The first-order valence-electron chi connectivity index (χ1n) is 6.24. The number of anilines is 1. The normalized spacial score (nSPS) is 23.7. The van der Waals surface area contributed by atoms with Gasteiger partial charge in [0.05, 0.1) is 5.92 Å². The summed E-state index contributed by atoms with van der Waals surface area (Å²) in [5.74, 6) is -1.38. The molecule has 0 bridgehead atoms. The third-order valence-electron chi connectivity index (χ3n) is 3.35. The summed E-state index contributed by atoms with van der Waals surface area (Å²) in [7, 11) is 0. The highest BCUT2D eigenvalue weighted by molar-refractivity contribution is 6.30. The topological polar surface area (TPSA) is 54.9 Å². The van der Waals surface area contributed by atoms with Crippen LogP contribution in [0, 0.1) is 5.92 Å². The minimum absolute atomic E-state index is 0.208. The first kappa shape index (κ1) is 14.2. The Morgan fingerprint density at radius 1 is 1.24 bits per heavy atom. The number of hydrogen-bond donors (Lipinski definition) is 1. The second-order valence-electron chi connectivity index (χ2n) is 4.77. The summed E-state index contributed by atoms with van der Waals surface area (Å²) in [5.41, 5.74) is 0.718. The molecular weight excluding hydrogens is 316 g/mol. The van der Waals surface area contributed by atoms with Gasteiger partial charge in [-0.25, -0.2) is 14.4 Å². The van der Waals surface area contributed by atoms with Gasteiger partial charge in [0, 0.05) is 17.0 Å². The summed E-state index contributed by atoms with van der Waals surface area (Å²) in [5, 5.41) is 3.27. The zero-order chi connectivity index (χ0) is 15.0. The quantitative estimate of drug-likeness (QED) is 0.879. The molecule has 7 heteroatoms. The second-order valence-corrected chi connectivity index (χ2v) is 5.59. The van der Waals surface area contributed by atoms with Crippen molar-refractivity contribution in [1.82, 2.24) is 9.97 Å². The molecule has 1 aromatic carbocycles. The van der Waals surface area contributed by atoms with Crippen LogP contribution in [0.15, 0.2) is 36.7 Å². The van der Waals surface area contributed by atoms with E-state index in [1.807, 2.05) is 0 Å². The lowest BCUT2D eigenvalue weighted by atomic mass is 10.1. The summed E-state index contributed by atoms with van der Waals surface area (Å²) in [6.45, 7) is 0. The van der Waals surface area contributed by atoms with Crippen LogP contribution in [0.5, 0.6) is 0 Å². The van der Waals surface area contributed by atoms with E-state index >= 15 is 0 Å². The Labute approximate surface area is 130 Å². The highest BCUT2D eigenvalue weighted by atomic mass is 35.5. The average Bonchev–Trinajstić information content (AvgIpc) is 3.10. The number of carbonyl (C=O) groups is 1. The van der Waals surface area contributed by atoms with E-state index in [1.54, 1.807) is 24.3 Å². The molecule has 1 saturated carbocycles. The van der Waals surface area contributed by atoms with Crippen molar-refractivity contribution in [1.29, 1.82) is 0 Å². The lowest BCUT2D eigenvalue weighted by Gasteiger charge is -2.03. The zero-order valence-electron chi connectivity index (χ0n) is 10.6. The molecule has 4 nitrogen and oxygen atoms in total. The lowest BCUT2D eigenvalue weighted by Crippen LogP contribution is -2.16. The Morgan fingerprint density at radius 3 is 2.76 bits per heavy atom. The van der Waals surface area contributed by atoms with E-state index in [9.17, 15) is 9.18 Å². The average molecular weight is 326 g/mol. The fraction of sp³-hybridized carbons (Fsp3) is 0.214. The van der Waals surface area contributed by atoms with Crippen LogP contribution < -0.4 is 5.32 Å². The van der Waals surface area contributed by atoms with Crippen LogP contribution in [-0.2, 0) is 4.79 Å². The van der Waals surface area contributed by atoms with Crippen LogP contribution in [0.4, 0.5) is 10.2 Å². The highest BCUT2D eigenvalue weighted by Crippen LogP contribution is 2.51. The monoisotopic (exact) mass is 325 g/mol. The van der Waals surface area contributed by atoms with Crippen molar-refractivity contribution >= 4 is 34.9 Å². The van der Waals surface area contributed by atoms with Crippen LogP contribution in [-0.4, -0.2) is 22.0 Å². The molecular formula is C14H10Cl2FN3O. The van der Waals surface area contributed by atoms with E-state index in [-0.39, 0.29) is 11.0 Å². The van der Waals surface area contributed by atoms with E-state index < -0.39 is 23.9 Å². The van der Waals surface area contributed by atoms with Gasteiger partial charge < -0.3 is 5.32 Å². The minimum Gasteiger partial charge on any atom is -0.310 e. The minimum atomic E-state index is -1.22. The maximum atomic E-state index is 13.9. The highest BCUT2D eigenvalue weighted by Gasteiger charge is 2.56. The van der Waals surface area contributed by atoms with Crippen LogP contribution in [0.3, 0.4) is 0 Å². The van der Waals surface area contributed by atoms with Gasteiger partial charge in [-0.3, -0.25) is 4.79 Å². The third-order valence-corrected chi connectivity index (χ3v) is 3.80. The number of nitrogens with one attached hydrogen (secondary N) is 1. The maximum absolute atomic E-state index is 13.9. The van der Waals surface area contributed by atoms with E-state index in [2.05, 4.69) is 15.3 Å². The number of rotatable bonds is 3. The molecule has 1 aliphatic rings. The van der Waals surface area contributed by atoms with Gasteiger partial charge in [0.15, 0.2) is 0 Å².